The molecule has 1 saturated carbocycles. The molecule has 1 aliphatic rings. The molecule has 2 heterocycles. The number of hydrogen-bond donors (Lipinski definition) is 1. The van der Waals surface area contributed by atoms with Crippen molar-refractivity contribution in [1.82, 2.24) is 14.8 Å². The number of fused-ring (bicyclic) bond motifs is 1. The highest BCUT2D eigenvalue weighted by Crippen LogP contribution is 2.41. The molecule has 4 nitrogen and oxygen atoms in total. The zero-order valence-electron chi connectivity index (χ0n) is 10.3. The summed E-state index contributed by atoms with van der Waals surface area (Å²) in [7, 11) is 1.95. The lowest BCUT2D eigenvalue weighted by Crippen LogP contribution is -2.45. The molecule has 4 heteroatoms. The van der Waals surface area contributed by atoms with Crippen molar-refractivity contribution in [3.05, 3.63) is 24.2 Å². The Bertz CT molecular complexity index is 552. The van der Waals surface area contributed by atoms with Crippen LogP contribution in [0.5, 0.6) is 0 Å². The second-order valence-electron chi connectivity index (χ2n) is 5.28. The highest BCUT2D eigenvalue weighted by Gasteiger charge is 2.39. The van der Waals surface area contributed by atoms with E-state index in [1.165, 1.54) is 19.3 Å². The normalized spacial score (nSPS) is 20.2. The molecule has 0 unspecified atom stereocenters. The van der Waals surface area contributed by atoms with E-state index in [1.807, 2.05) is 30.2 Å². The van der Waals surface area contributed by atoms with Crippen LogP contribution in [-0.2, 0) is 12.6 Å². The molecule has 2 N–H and O–H groups in total. The van der Waals surface area contributed by atoms with Crippen molar-refractivity contribution in [2.45, 2.75) is 31.7 Å². The number of rotatable bonds is 2. The molecule has 0 saturated heterocycles. The van der Waals surface area contributed by atoms with Crippen molar-refractivity contribution in [2.75, 3.05) is 0 Å². The van der Waals surface area contributed by atoms with Gasteiger partial charge in [-0.2, -0.15) is 5.10 Å². The number of aryl methyl sites for hydroxylation is 1. The summed E-state index contributed by atoms with van der Waals surface area (Å²) in [5, 5.41) is 5.75. The van der Waals surface area contributed by atoms with Crippen LogP contribution >= 0.6 is 0 Å². The minimum Gasteiger partial charge on any atom is -0.320 e. The largest absolute Gasteiger partial charge is 0.320 e. The third kappa shape index (κ3) is 1.47. The van der Waals surface area contributed by atoms with Gasteiger partial charge in [-0.1, -0.05) is 6.42 Å². The third-order valence-electron chi connectivity index (χ3n) is 4.12. The van der Waals surface area contributed by atoms with Crippen LogP contribution in [0.25, 0.3) is 10.9 Å². The molecular weight excluding hydrogens is 212 g/mol. The maximum Gasteiger partial charge on any atom is 0.0902 e. The van der Waals surface area contributed by atoms with Crippen molar-refractivity contribution in [3.8, 4) is 0 Å². The molecule has 0 amide bonds. The van der Waals surface area contributed by atoms with E-state index in [0.29, 0.717) is 5.92 Å². The van der Waals surface area contributed by atoms with Crippen molar-refractivity contribution in [1.29, 1.82) is 0 Å². The van der Waals surface area contributed by atoms with E-state index in [1.54, 1.807) is 0 Å². The highest BCUT2D eigenvalue weighted by molar-refractivity contribution is 5.81. The molecule has 1 fully saturated rings. The van der Waals surface area contributed by atoms with Crippen LogP contribution in [0.1, 0.15) is 31.9 Å². The summed E-state index contributed by atoms with van der Waals surface area (Å²) in [6.07, 6.45) is 7.39. The molecule has 0 aromatic carbocycles. The lowest BCUT2D eigenvalue weighted by Gasteiger charge is -2.39. The maximum absolute atomic E-state index is 6.53. The molecule has 17 heavy (non-hydrogen) atoms. The van der Waals surface area contributed by atoms with Gasteiger partial charge in [-0.15, -0.1) is 0 Å². The zero-order valence-corrected chi connectivity index (χ0v) is 10.3. The van der Waals surface area contributed by atoms with Crippen molar-refractivity contribution >= 4 is 10.9 Å². The summed E-state index contributed by atoms with van der Waals surface area (Å²) in [6.45, 7) is 2.11. The van der Waals surface area contributed by atoms with Crippen LogP contribution in [0.15, 0.2) is 18.5 Å². The van der Waals surface area contributed by atoms with Crippen molar-refractivity contribution < 1.29 is 0 Å². The smallest absolute Gasteiger partial charge is 0.0902 e. The van der Waals surface area contributed by atoms with E-state index in [9.17, 15) is 0 Å². The zero-order chi connectivity index (χ0) is 12.0. The number of nitrogens with zero attached hydrogens (tertiary/aromatic N) is 3. The van der Waals surface area contributed by atoms with E-state index in [4.69, 9.17) is 5.73 Å². The summed E-state index contributed by atoms with van der Waals surface area (Å²) in [5.41, 5.74) is 8.28. The number of pyridine rings is 1. The van der Waals surface area contributed by atoms with E-state index in [2.05, 4.69) is 17.0 Å². The van der Waals surface area contributed by atoms with Gasteiger partial charge in [0, 0.05) is 18.6 Å². The Kier molecular flexibility index (Phi) is 2.23. The minimum absolute atomic E-state index is 0.320. The molecule has 2 aromatic rings. The van der Waals surface area contributed by atoms with Crippen LogP contribution in [0.3, 0.4) is 0 Å². The Morgan fingerprint density at radius 2 is 2.24 bits per heavy atom. The monoisotopic (exact) mass is 230 g/mol. The van der Waals surface area contributed by atoms with Gasteiger partial charge in [-0.25, -0.2) is 0 Å². The van der Waals surface area contributed by atoms with Gasteiger partial charge in [0.1, 0.15) is 0 Å². The van der Waals surface area contributed by atoms with Gasteiger partial charge >= 0.3 is 0 Å². The average Bonchev–Trinajstić information content (AvgIpc) is 2.54. The first-order valence-corrected chi connectivity index (χ1v) is 6.17. The van der Waals surface area contributed by atoms with Crippen LogP contribution in [0.2, 0.25) is 0 Å². The first-order valence-electron chi connectivity index (χ1n) is 6.17. The predicted octanol–water partition coefficient (Wildman–Crippen LogP) is 1.94. The fourth-order valence-electron chi connectivity index (χ4n) is 2.70. The molecule has 0 aliphatic heterocycles. The first kappa shape index (κ1) is 10.7. The molecule has 0 spiro atoms. The van der Waals surface area contributed by atoms with Crippen LogP contribution in [-0.4, -0.2) is 14.8 Å². The predicted molar refractivity (Wildman–Crippen MR) is 67.4 cm³/mol. The van der Waals surface area contributed by atoms with Crippen LogP contribution in [0.4, 0.5) is 0 Å². The first-order chi connectivity index (χ1) is 8.10. The second-order valence-corrected chi connectivity index (χ2v) is 5.28. The summed E-state index contributed by atoms with van der Waals surface area (Å²) in [6, 6.07) is 2.02. The Morgan fingerprint density at radius 1 is 1.47 bits per heavy atom. The van der Waals surface area contributed by atoms with Crippen LogP contribution in [0, 0.1) is 5.92 Å². The van der Waals surface area contributed by atoms with Gasteiger partial charge in [-0.05, 0) is 31.7 Å². The van der Waals surface area contributed by atoms with Crippen LogP contribution < -0.4 is 5.73 Å². The summed E-state index contributed by atoms with van der Waals surface area (Å²) in [5.74, 6) is 0.564. The van der Waals surface area contributed by atoms with Gasteiger partial charge in [0.25, 0.3) is 0 Å². The Labute approximate surface area is 101 Å². The summed E-state index contributed by atoms with van der Waals surface area (Å²) in [4.78, 5) is 4.15. The Morgan fingerprint density at radius 3 is 2.88 bits per heavy atom. The fourth-order valence-corrected chi connectivity index (χ4v) is 2.70. The molecule has 2 aromatic heterocycles. The highest BCUT2D eigenvalue weighted by atomic mass is 15.3. The summed E-state index contributed by atoms with van der Waals surface area (Å²) < 4.78 is 1.88. The Balaban J connectivity index is 2.16. The molecular formula is C13H18N4. The van der Waals surface area contributed by atoms with Crippen molar-refractivity contribution in [2.24, 2.45) is 18.7 Å². The molecule has 1 aliphatic carbocycles. The summed E-state index contributed by atoms with van der Waals surface area (Å²) >= 11 is 0. The molecule has 3 rings (SSSR count). The molecule has 0 radical (unpaired) electrons. The maximum atomic E-state index is 6.53. The standard InChI is InChI=1S/C13H18N4/c1-13(14,9-4-3-5-9)12-10-6-7-15-8-11(10)17(2)16-12/h6-9H,3-5,14H2,1-2H3/t13-/m0/s1. The second kappa shape index (κ2) is 3.53. The Hall–Kier alpha value is -1.42. The number of nitrogens with two attached hydrogens (primary N) is 1. The van der Waals surface area contributed by atoms with Crippen molar-refractivity contribution in [3.63, 3.8) is 0 Å². The third-order valence-corrected chi connectivity index (χ3v) is 4.12. The van der Waals surface area contributed by atoms with Gasteiger partial charge < -0.3 is 5.73 Å². The van der Waals surface area contributed by atoms with Gasteiger partial charge in [0.15, 0.2) is 0 Å². The lowest BCUT2D eigenvalue weighted by atomic mass is 9.70. The van der Waals surface area contributed by atoms with E-state index >= 15 is 0 Å². The fraction of sp³-hybridized carbons (Fsp3) is 0.538. The van der Waals surface area contributed by atoms with Gasteiger partial charge in [0.2, 0.25) is 0 Å². The van der Waals surface area contributed by atoms with E-state index < -0.39 is 0 Å². The topological polar surface area (TPSA) is 56.7 Å². The minimum atomic E-state index is -0.320. The molecule has 0 bridgehead atoms. The number of aromatic nitrogens is 3. The molecule has 90 valence electrons. The molecule has 1 atom stereocenters. The van der Waals surface area contributed by atoms with E-state index in [-0.39, 0.29) is 5.54 Å². The average molecular weight is 230 g/mol. The SMILES string of the molecule is Cn1nc([C@@](C)(N)C2CCC2)c2ccncc21. The number of hydrogen-bond acceptors (Lipinski definition) is 3. The quantitative estimate of drug-likeness (QED) is 0.857. The van der Waals surface area contributed by atoms with Gasteiger partial charge in [0.05, 0.1) is 22.9 Å². The lowest BCUT2D eigenvalue weighted by molar-refractivity contribution is 0.179. The van der Waals surface area contributed by atoms with E-state index in [0.717, 1.165) is 16.6 Å². The van der Waals surface area contributed by atoms with Gasteiger partial charge in [-0.3, -0.25) is 9.67 Å².